The summed E-state index contributed by atoms with van der Waals surface area (Å²) < 4.78 is 13.2. The Kier molecular flexibility index (Phi) is 8.02. The van der Waals surface area contributed by atoms with Crippen LogP contribution in [0.1, 0.15) is 0 Å². The molecule has 0 saturated heterocycles. The molecule has 14 rings (SSSR count). The van der Waals surface area contributed by atoms with Crippen molar-refractivity contribution in [3.63, 3.8) is 0 Å². The van der Waals surface area contributed by atoms with E-state index in [9.17, 15) is 0 Å². The average Bonchev–Trinajstić information content (AvgIpc) is 3.94. The maximum Gasteiger partial charge on any atom is 0.136 e. The third-order valence-electron chi connectivity index (χ3n) is 13.8. The summed E-state index contributed by atoms with van der Waals surface area (Å²) in [4.78, 5) is 0. The second kappa shape index (κ2) is 14.4. The van der Waals surface area contributed by atoms with Gasteiger partial charge in [-0.25, -0.2) is 0 Å². The van der Waals surface area contributed by atoms with Crippen molar-refractivity contribution in [1.82, 2.24) is 0 Å². The first-order valence-corrected chi connectivity index (χ1v) is 22.6. The molecule has 2 heterocycles. The Balaban J connectivity index is 0.930. The van der Waals surface area contributed by atoms with Crippen LogP contribution in [-0.2, 0) is 0 Å². The van der Waals surface area contributed by atoms with Crippen LogP contribution >= 0.6 is 0 Å². The summed E-state index contributed by atoms with van der Waals surface area (Å²) in [7, 11) is 0. The van der Waals surface area contributed by atoms with Gasteiger partial charge in [0.2, 0.25) is 0 Å². The van der Waals surface area contributed by atoms with E-state index in [1.807, 2.05) is 0 Å². The zero-order valence-corrected chi connectivity index (χ0v) is 35.8. The number of fused-ring (bicyclic) bond motifs is 10. The van der Waals surface area contributed by atoms with Gasteiger partial charge >= 0.3 is 0 Å². The second-order valence-corrected chi connectivity index (χ2v) is 17.5. The molecular formula is C64H38O2. The van der Waals surface area contributed by atoms with Gasteiger partial charge in [-0.1, -0.05) is 182 Å². The second-order valence-electron chi connectivity index (χ2n) is 17.5. The van der Waals surface area contributed by atoms with Gasteiger partial charge in [-0.2, -0.15) is 0 Å². The minimum Gasteiger partial charge on any atom is -0.456 e. The standard InChI is InChI=1S/C64H38O2/c1-3-15-39(16-4-1)41-28-32-58-55(35-41)56-37-43(30-34-59(56)65-58)63-50-23-11-13-25-52(50)64(53-26-14-12-24-51(53)63)44-27-31-45-54-36-42(29-33-57(54)66-60(45)38-44)62-48-21-9-7-19-46(48)61(40-17-5-2-6-18-40)47-20-8-10-22-49(47)62/h1-38H. The average molecular weight is 839 g/mol. The fourth-order valence-electron chi connectivity index (χ4n) is 10.9. The summed E-state index contributed by atoms with van der Waals surface area (Å²) in [5.41, 5.74) is 15.5. The van der Waals surface area contributed by atoms with Crippen LogP contribution in [0, 0.1) is 0 Å². The zero-order valence-electron chi connectivity index (χ0n) is 35.8. The molecular weight excluding hydrogens is 801 g/mol. The van der Waals surface area contributed by atoms with Crippen LogP contribution in [0.15, 0.2) is 239 Å². The van der Waals surface area contributed by atoms with Crippen molar-refractivity contribution in [2.45, 2.75) is 0 Å². The van der Waals surface area contributed by atoms with Gasteiger partial charge in [-0.3, -0.25) is 0 Å². The first-order chi connectivity index (χ1) is 32.7. The molecule has 0 amide bonds. The maximum atomic E-state index is 6.77. The molecule has 0 radical (unpaired) electrons. The normalized spacial score (nSPS) is 11.9. The van der Waals surface area contributed by atoms with E-state index >= 15 is 0 Å². The molecule has 66 heavy (non-hydrogen) atoms. The number of hydrogen-bond acceptors (Lipinski definition) is 2. The van der Waals surface area contributed by atoms with Crippen LogP contribution in [-0.4, -0.2) is 0 Å². The largest absolute Gasteiger partial charge is 0.456 e. The summed E-state index contributed by atoms with van der Waals surface area (Å²) in [5, 5.41) is 14.2. The Hall–Kier alpha value is -8.72. The lowest BCUT2D eigenvalue weighted by molar-refractivity contribution is 0.668. The number of furan rings is 2. The molecule has 0 bridgehead atoms. The van der Waals surface area contributed by atoms with E-state index in [0.29, 0.717) is 0 Å². The first kappa shape index (κ1) is 36.7. The molecule has 2 heteroatoms. The van der Waals surface area contributed by atoms with Crippen LogP contribution in [0.25, 0.3) is 143 Å². The van der Waals surface area contributed by atoms with Gasteiger partial charge in [-0.15, -0.1) is 0 Å². The van der Waals surface area contributed by atoms with Crippen molar-refractivity contribution in [2.75, 3.05) is 0 Å². The van der Waals surface area contributed by atoms with Crippen LogP contribution in [0.3, 0.4) is 0 Å². The van der Waals surface area contributed by atoms with Gasteiger partial charge in [0.05, 0.1) is 0 Å². The van der Waals surface area contributed by atoms with Crippen LogP contribution in [0.2, 0.25) is 0 Å². The van der Waals surface area contributed by atoms with E-state index in [-0.39, 0.29) is 0 Å². The van der Waals surface area contributed by atoms with Crippen molar-refractivity contribution in [1.29, 1.82) is 0 Å². The highest BCUT2D eigenvalue weighted by Gasteiger charge is 2.21. The van der Waals surface area contributed by atoms with Crippen LogP contribution in [0.4, 0.5) is 0 Å². The number of benzene rings is 12. The predicted octanol–water partition coefficient (Wildman–Crippen LogP) is 18.4. The van der Waals surface area contributed by atoms with E-state index in [1.54, 1.807) is 0 Å². The van der Waals surface area contributed by atoms with Gasteiger partial charge in [0.15, 0.2) is 0 Å². The molecule has 0 aliphatic carbocycles. The molecule has 0 saturated carbocycles. The lowest BCUT2D eigenvalue weighted by Gasteiger charge is -2.18. The monoisotopic (exact) mass is 838 g/mol. The van der Waals surface area contributed by atoms with Crippen molar-refractivity contribution in [2.24, 2.45) is 0 Å². The molecule has 2 nitrogen and oxygen atoms in total. The van der Waals surface area contributed by atoms with Crippen molar-refractivity contribution < 1.29 is 8.83 Å². The Morgan fingerprint density at radius 1 is 0.167 bits per heavy atom. The van der Waals surface area contributed by atoms with E-state index in [0.717, 1.165) is 55.0 Å². The summed E-state index contributed by atoms with van der Waals surface area (Å²) in [6.07, 6.45) is 0. The Bertz CT molecular complexity index is 4150. The lowest BCUT2D eigenvalue weighted by atomic mass is 9.85. The summed E-state index contributed by atoms with van der Waals surface area (Å²) >= 11 is 0. The van der Waals surface area contributed by atoms with E-state index in [4.69, 9.17) is 8.83 Å². The number of hydrogen-bond donors (Lipinski definition) is 0. The van der Waals surface area contributed by atoms with Crippen LogP contribution < -0.4 is 0 Å². The van der Waals surface area contributed by atoms with Crippen LogP contribution in [0.5, 0.6) is 0 Å². The zero-order chi connectivity index (χ0) is 43.3. The molecule has 0 aliphatic heterocycles. The highest BCUT2D eigenvalue weighted by molar-refractivity contribution is 6.24. The summed E-state index contributed by atoms with van der Waals surface area (Å²) in [6.45, 7) is 0. The third-order valence-corrected chi connectivity index (χ3v) is 13.8. The molecule has 0 spiro atoms. The lowest BCUT2D eigenvalue weighted by Crippen LogP contribution is -1.91. The van der Waals surface area contributed by atoms with Crippen molar-refractivity contribution in [3.8, 4) is 55.6 Å². The van der Waals surface area contributed by atoms with Gasteiger partial charge in [0, 0.05) is 21.5 Å². The molecule has 306 valence electrons. The molecule has 0 fully saturated rings. The predicted molar refractivity (Wildman–Crippen MR) is 278 cm³/mol. The first-order valence-electron chi connectivity index (χ1n) is 22.6. The smallest absolute Gasteiger partial charge is 0.136 e. The van der Waals surface area contributed by atoms with E-state index in [1.165, 1.54) is 87.6 Å². The van der Waals surface area contributed by atoms with Gasteiger partial charge in [0.1, 0.15) is 22.3 Å². The Morgan fingerprint density at radius 2 is 0.470 bits per heavy atom. The van der Waals surface area contributed by atoms with Crippen molar-refractivity contribution in [3.05, 3.63) is 231 Å². The highest BCUT2D eigenvalue weighted by atomic mass is 16.3. The summed E-state index contributed by atoms with van der Waals surface area (Å²) in [6, 6.07) is 83.4. The molecule has 2 aromatic heterocycles. The minimum absolute atomic E-state index is 0.873. The summed E-state index contributed by atoms with van der Waals surface area (Å²) in [5.74, 6) is 0. The topological polar surface area (TPSA) is 26.3 Å². The van der Waals surface area contributed by atoms with E-state index < -0.39 is 0 Å². The number of rotatable bonds is 5. The fourth-order valence-corrected chi connectivity index (χ4v) is 10.9. The van der Waals surface area contributed by atoms with Gasteiger partial charge < -0.3 is 8.83 Å². The molecule has 0 atom stereocenters. The van der Waals surface area contributed by atoms with Gasteiger partial charge in [-0.05, 0) is 147 Å². The van der Waals surface area contributed by atoms with Crippen molar-refractivity contribution >= 4 is 87.0 Å². The molecule has 12 aromatic carbocycles. The minimum atomic E-state index is 0.873. The SMILES string of the molecule is c1ccc(-c2ccc3oc4ccc(-c5c6ccccc6c(-c6ccc7c(c6)oc6ccc(-c8c9ccccc9c(-c9ccccc9)c9ccccc89)cc67)c6ccccc56)cc4c3c2)cc1. The molecule has 0 unspecified atom stereocenters. The highest BCUT2D eigenvalue weighted by Crippen LogP contribution is 2.48. The molecule has 0 aliphatic rings. The quantitative estimate of drug-likeness (QED) is 0.161. The fraction of sp³-hybridized carbons (Fsp3) is 0. The van der Waals surface area contributed by atoms with Gasteiger partial charge in [0.25, 0.3) is 0 Å². The molecule has 14 aromatic rings. The van der Waals surface area contributed by atoms with E-state index in [2.05, 4.69) is 231 Å². The maximum absolute atomic E-state index is 6.77. The Labute approximate surface area is 380 Å². The molecule has 0 N–H and O–H groups in total. The Morgan fingerprint density at radius 3 is 0.909 bits per heavy atom. The third kappa shape index (κ3) is 5.55.